The highest BCUT2D eigenvalue weighted by Gasteiger charge is 2.24. The molecule has 2 aromatic carbocycles. The molecule has 0 saturated heterocycles. The maximum absolute atomic E-state index is 10.2. The molecule has 0 spiro atoms. The molecular weight excluding hydrogens is 565 g/mol. The summed E-state index contributed by atoms with van der Waals surface area (Å²) >= 11 is 8.19. The fourth-order valence-electron chi connectivity index (χ4n) is 3.38. The average molecular weight is 596 g/mol. The molecule has 0 aliphatic rings. The Morgan fingerprint density at radius 1 is 1.09 bits per heavy atom. The molecule has 0 saturated carbocycles. The summed E-state index contributed by atoms with van der Waals surface area (Å²) in [6.07, 6.45) is 0.847. The molecule has 2 N–H and O–H groups in total. The lowest BCUT2D eigenvalue weighted by atomic mass is 9.78. The van der Waals surface area contributed by atoms with Gasteiger partial charge in [0.1, 0.15) is 29.9 Å². The number of aliphatic hydroxyl groups is 2. The van der Waals surface area contributed by atoms with E-state index in [1.165, 1.54) is 10.2 Å². The molecule has 3 rings (SSSR count). The summed E-state index contributed by atoms with van der Waals surface area (Å²) in [6.45, 7) is 7.22. The van der Waals surface area contributed by atoms with E-state index in [-0.39, 0.29) is 25.2 Å². The number of aliphatic hydroxyl groups excluding tert-OH is 2. The average Bonchev–Trinajstić information content (AvgIpc) is 3.29. The van der Waals surface area contributed by atoms with Crippen LogP contribution in [0.4, 0.5) is 0 Å². The normalized spacial score (nSPS) is 13.5. The van der Waals surface area contributed by atoms with Crippen LogP contribution in [0.25, 0.3) is 0 Å². The minimum Gasteiger partial charge on any atom is -0.492 e. The van der Waals surface area contributed by atoms with E-state index >= 15 is 0 Å². The molecule has 34 heavy (non-hydrogen) atoms. The monoisotopic (exact) mass is 595 g/mol. The van der Waals surface area contributed by atoms with Crippen molar-refractivity contribution in [3.63, 3.8) is 0 Å². The van der Waals surface area contributed by atoms with Gasteiger partial charge >= 0.3 is 0 Å². The van der Waals surface area contributed by atoms with Gasteiger partial charge in [0.15, 0.2) is 0 Å². The topological polar surface area (TPSA) is 89.6 Å². The molecule has 0 amide bonds. The predicted molar refractivity (Wildman–Crippen MR) is 141 cm³/mol. The van der Waals surface area contributed by atoms with Crippen LogP contribution < -0.4 is 9.47 Å². The Balaban J connectivity index is 1.59. The Morgan fingerprint density at radius 3 is 2.41 bits per heavy atom. The number of ether oxygens (including phenoxy) is 2. The molecule has 0 radical (unpaired) electrons. The number of hydrogen-bond acceptors (Lipinski definition) is 6. The highest BCUT2D eigenvalue weighted by molar-refractivity contribution is 14.1. The van der Waals surface area contributed by atoms with Crippen LogP contribution in [0.5, 0.6) is 11.5 Å². The number of rotatable bonds is 12. The first-order valence-electron chi connectivity index (χ1n) is 11.1. The third kappa shape index (κ3) is 7.07. The van der Waals surface area contributed by atoms with Crippen molar-refractivity contribution in [3.8, 4) is 11.5 Å². The smallest absolute Gasteiger partial charge is 0.132 e. The summed E-state index contributed by atoms with van der Waals surface area (Å²) in [5.41, 5.74) is 2.59. The zero-order chi connectivity index (χ0) is 24.7. The molecule has 3 aromatic rings. The minimum atomic E-state index is -0.750. The van der Waals surface area contributed by atoms with Crippen LogP contribution in [0.3, 0.4) is 0 Å². The van der Waals surface area contributed by atoms with Crippen molar-refractivity contribution in [2.75, 3.05) is 19.1 Å². The van der Waals surface area contributed by atoms with Crippen molar-refractivity contribution in [3.05, 3.63) is 69.1 Å². The van der Waals surface area contributed by atoms with Gasteiger partial charge in [-0.3, -0.25) is 0 Å². The van der Waals surface area contributed by atoms with E-state index in [9.17, 15) is 5.11 Å². The van der Waals surface area contributed by atoms with Crippen LogP contribution in [0.1, 0.15) is 37.6 Å². The number of benzene rings is 2. The van der Waals surface area contributed by atoms with Crippen LogP contribution in [0.2, 0.25) is 0 Å². The van der Waals surface area contributed by atoms with Crippen molar-refractivity contribution in [2.45, 2.75) is 45.4 Å². The largest absolute Gasteiger partial charge is 0.492 e. The van der Waals surface area contributed by atoms with Gasteiger partial charge in [0.05, 0.1) is 29.5 Å². The van der Waals surface area contributed by atoms with Crippen LogP contribution in [0.15, 0.2) is 48.7 Å². The Labute approximate surface area is 219 Å². The summed E-state index contributed by atoms with van der Waals surface area (Å²) < 4.78 is 14.2. The Morgan fingerprint density at radius 2 is 1.79 bits per heavy atom. The van der Waals surface area contributed by atoms with Crippen molar-refractivity contribution in [1.82, 2.24) is 15.0 Å². The van der Waals surface area contributed by atoms with E-state index in [4.69, 9.17) is 26.2 Å². The number of nitrogens with zero attached hydrogens (tertiary/aromatic N) is 3. The number of halogens is 2. The number of aromatic nitrogens is 3. The Kier molecular flexibility index (Phi) is 9.58. The lowest BCUT2D eigenvalue weighted by molar-refractivity contribution is 0.0888. The molecule has 9 heteroatoms. The highest BCUT2D eigenvalue weighted by Crippen LogP contribution is 2.35. The van der Waals surface area contributed by atoms with E-state index in [0.29, 0.717) is 29.8 Å². The molecule has 1 aromatic heterocycles. The summed E-state index contributed by atoms with van der Waals surface area (Å²) in [5, 5.41) is 26.9. The molecule has 0 aliphatic heterocycles. The predicted octanol–water partition coefficient (Wildman–Crippen LogP) is 4.39. The van der Waals surface area contributed by atoms with E-state index in [2.05, 4.69) is 65.8 Å². The summed E-state index contributed by atoms with van der Waals surface area (Å²) in [4.78, 5) is 0. The van der Waals surface area contributed by atoms with Gasteiger partial charge in [-0.05, 0) is 58.0 Å². The van der Waals surface area contributed by atoms with Gasteiger partial charge in [0.25, 0.3) is 0 Å². The molecule has 1 heterocycles. The maximum Gasteiger partial charge on any atom is 0.132 e. The SMILES string of the molecule is C[C@H](CCl)COc1ccc(C(C)(C)c2ccc(OC[C@@H](O)Cn3cc(CO)nn3)cc2)cc1[123I]. The standard InChI is InChI=1S/C25H31ClIN3O4/c1-17(11-26)15-34-24-9-6-19(10-23(24)27)25(2,3)18-4-7-22(8-5-18)33-16-21(32)13-30-12-20(14-31)28-29-30/h4-10,12,17,21,31-32H,11,13-16H2,1-3H3/t17-,21+/m1/s1/i27-4. The van der Waals surface area contributed by atoms with Gasteiger partial charge in [-0.15, -0.1) is 16.7 Å². The molecule has 2 atom stereocenters. The zero-order valence-electron chi connectivity index (χ0n) is 19.6. The second-order valence-electron chi connectivity index (χ2n) is 8.92. The van der Waals surface area contributed by atoms with Gasteiger partial charge in [0.2, 0.25) is 0 Å². The first kappa shape index (κ1) is 26.7. The van der Waals surface area contributed by atoms with Crippen LogP contribution in [-0.2, 0) is 18.6 Å². The highest BCUT2D eigenvalue weighted by atomic mass is 123. The third-order valence-corrected chi connectivity index (χ3v) is 6.97. The van der Waals surface area contributed by atoms with E-state index < -0.39 is 6.10 Å². The van der Waals surface area contributed by atoms with Gasteiger partial charge in [-0.25, -0.2) is 4.68 Å². The Bertz CT molecular complexity index is 1060. The number of alkyl halides is 1. The lowest BCUT2D eigenvalue weighted by Gasteiger charge is -2.27. The van der Waals surface area contributed by atoms with Gasteiger partial charge in [-0.2, -0.15) is 0 Å². The first-order valence-corrected chi connectivity index (χ1v) is 12.7. The fourth-order valence-corrected chi connectivity index (χ4v) is 4.14. The summed E-state index contributed by atoms with van der Waals surface area (Å²) in [7, 11) is 0. The molecule has 0 aliphatic carbocycles. The number of hydrogen-bond donors (Lipinski definition) is 2. The van der Waals surface area contributed by atoms with Crippen LogP contribution >= 0.6 is 34.2 Å². The third-order valence-electron chi connectivity index (χ3n) is 5.60. The van der Waals surface area contributed by atoms with Gasteiger partial charge < -0.3 is 19.7 Å². The van der Waals surface area contributed by atoms with Gasteiger partial charge in [0, 0.05) is 17.2 Å². The summed E-state index contributed by atoms with van der Waals surface area (Å²) in [6, 6.07) is 14.2. The maximum atomic E-state index is 10.2. The zero-order valence-corrected chi connectivity index (χ0v) is 22.5. The van der Waals surface area contributed by atoms with E-state index in [0.717, 1.165) is 14.9 Å². The van der Waals surface area contributed by atoms with Gasteiger partial charge in [-0.1, -0.05) is 44.2 Å². The molecule has 184 valence electrons. The van der Waals surface area contributed by atoms with E-state index in [1.54, 1.807) is 6.20 Å². The second kappa shape index (κ2) is 12.2. The van der Waals surface area contributed by atoms with Crippen LogP contribution in [0, 0.1) is 9.49 Å². The molecule has 0 unspecified atom stereocenters. The molecule has 7 nitrogen and oxygen atoms in total. The minimum absolute atomic E-state index is 0.124. The van der Waals surface area contributed by atoms with Crippen LogP contribution in [-0.4, -0.2) is 50.4 Å². The second-order valence-corrected chi connectivity index (χ2v) is 10.4. The Hall–Kier alpha value is -1.88. The molecular formula is C25H31ClIN3O4. The first-order chi connectivity index (χ1) is 16.2. The lowest BCUT2D eigenvalue weighted by Crippen LogP contribution is -2.24. The van der Waals surface area contributed by atoms with E-state index in [1.807, 2.05) is 30.3 Å². The fraction of sp³-hybridized carbons (Fsp3) is 0.440. The van der Waals surface area contributed by atoms with Crippen molar-refractivity contribution in [2.24, 2.45) is 5.92 Å². The molecule has 0 bridgehead atoms. The quantitative estimate of drug-likeness (QED) is 0.239. The van der Waals surface area contributed by atoms with Crippen molar-refractivity contribution >= 4 is 34.2 Å². The van der Waals surface area contributed by atoms with Crippen molar-refractivity contribution in [1.29, 1.82) is 0 Å². The molecule has 0 fully saturated rings. The summed E-state index contributed by atoms with van der Waals surface area (Å²) in [5.74, 6) is 2.43. The van der Waals surface area contributed by atoms with Crippen molar-refractivity contribution < 1.29 is 19.7 Å².